The van der Waals surface area contributed by atoms with Crippen molar-refractivity contribution >= 4 is 21.8 Å². The SMILES string of the molecule is CCCCC1CCC(C(=O)NCCCCCCBr)CC1. The molecule has 0 aromatic carbocycles. The zero-order valence-corrected chi connectivity index (χ0v) is 14.7. The van der Waals surface area contributed by atoms with Crippen LogP contribution in [0.5, 0.6) is 0 Å². The highest BCUT2D eigenvalue weighted by atomic mass is 79.9. The predicted molar refractivity (Wildman–Crippen MR) is 90.2 cm³/mol. The normalized spacial score (nSPS) is 22.7. The zero-order chi connectivity index (χ0) is 14.6. The summed E-state index contributed by atoms with van der Waals surface area (Å²) in [6.45, 7) is 3.13. The Morgan fingerprint density at radius 1 is 1.05 bits per heavy atom. The lowest BCUT2D eigenvalue weighted by Crippen LogP contribution is -2.33. The molecule has 1 saturated carbocycles. The number of alkyl halides is 1. The molecule has 0 aliphatic heterocycles. The van der Waals surface area contributed by atoms with Crippen molar-refractivity contribution < 1.29 is 4.79 Å². The van der Waals surface area contributed by atoms with Crippen molar-refractivity contribution in [1.82, 2.24) is 5.32 Å². The number of halogens is 1. The van der Waals surface area contributed by atoms with Gasteiger partial charge in [0.25, 0.3) is 0 Å². The van der Waals surface area contributed by atoms with E-state index in [0.717, 1.165) is 37.1 Å². The van der Waals surface area contributed by atoms with E-state index in [1.54, 1.807) is 0 Å². The summed E-state index contributed by atoms with van der Waals surface area (Å²) in [6.07, 6.45) is 13.7. The Kier molecular flexibility index (Phi) is 10.4. The molecule has 0 unspecified atom stereocenters. The molecule has 2 nitrogen and oxygen atoms in total. The summed E-state index contributed by atoms with van der Waals surface area (Å²) in [5.74, 6) is 1.51. The maximum absolute atomic E-state index is 12.1. The van der Waals surface area contributed by atoms with E-state index >= 15 is 0 Å². The summed E-state index contributed by atoms with van der Waals surface area (Å²) in [4.78, 5) is 12.1. The molecule has 0 heterocycles. The van der Waals surface area contributed by atoms with E-state index in [9.17, 15) is 4.79 Å². The Balaban J connectivity index is 2.04. The zero-order valence-electron chi connectivity index (χ0n) is 13.1. The molecule has 1 aliphatic carbocycles. The number of rotatable bonds is 10. The van der Waals surface area contributed by atoms with Crippen LogP contribution in [0.25, 0.3) is 0 Å². The lowest BCUT2D eigenvalue weighted by atomic mass is 9.79. The maximum atomic E-state index is 12.1. The summed E-state index contributed by atoms with van der Waals surface area (Å²) in [5, 5.41) is 4.23. The first-order valence-electron chi connectivity index (χ1n) is 8.61. The van der Waals surface area contributed by atoms with E-state index in [4.69, 9.17) is 0 Å². The topological polar surface area (TPSA) is 29.1 Å². The highest BCUT2D eigenvalue weighted by Crippen LogP contribution is 2.31. The first kappa shape index (κ1) is 18.0. The Bertz CT molecular complexity index is 249. The van der Waals surface area contributed by atoms with Gasteiger partial charge in [-0.25, -0.2) is 0 Å². The third kappa shape index (κ3) is 7.66. The van der Waals surface area contributed by atoms with E-state index in [1.807, 2.05) is 0 Å². The molecular weight excluding hydrogens is 314 g/mol. The fraction of sp³-hybridized carbons (Fsp3) is 0.941. The fourth-order valence-electron chi connectivity index (χ4n) is 3.14. The molecule has 1 N–H and O–H groups in total. The van der Waals surface area contributed by atoms with Gasteiger partial charge in [0, 0.05) is 17.8 Å². The summed E-state index contributed by atoms with van der Waals surface area (Å²) in [5.41, 5.74) is 0. The van der Waals surface area contributed by atoms with Crippen molar-refractivity contribution in [2.75, 3.05) is 11.9 Å². The van der Waals surface area contributed by atoms with Crippen LogP contribution >= 0.6 is 15.9 Å². The molecule has 3 heteroatoms. The van der Waals surface area contributed by atoms with Crippen molar-refractivity contribution in [3.8, 4) is 0 Å². The smallest absolute Gasteiger partial charge is 0.223 e. The fourth-order valence-corrected chi connectivity index (χ4v) is 3.53. The van der Waals surface area contributed by atoms with Gasteiger partial charge in [-0.3, -0.25) is 4.79 Å². The van der Waals surface area contributed by atoms with Crippen molar-refractivity contribution in [3.05, 3.63) is 0 Å². The molecule has 0 aromatic heterocycles. The van der Waals surface area contributed by atoms with Crippen LogP contribution in [0.1, 0.15) is 77.6 Å². The average molecular weight is 346 g/mol. The molecule has 20 heavy (non-hydrogen) atoms. The molecule has 0 saturated heterocycles. The number of hydrogen-bond acceptors (Lipinski definition) is 1. The van der Waals surface area contributed by atoms with Crippen LogP contribution in [-0.4, -0.2) is 17.8 Å². The number of amides is 1. The summed E-state index contributed by atoms with van der Waals surface area (Å²) >= 11 is 3.44. The Morgan fingerprint density at radius 2 is 1.75 bits per heavy atom. The van der Waals surface area contributed by atoms with Gasteiger partial charge in [0.1, 0.15) is 0 Å². The molecule has 0 radical (unpaired) electrons. The number of nitrogens with one attached hydrogen (secondary N) is 1. The van der Waals surface area contributed by atoms with Crippen molar-refractivity contribution in [2.24, 2.45) is 11.8 Å². The molecule has 0 atom stereocenters. The predicted octanol–water partition coefficient (Wildman–Crippen LogP) is 5.05. The first-order chi connectivity index (χ1) is 9.77. The van der Waals surface area contributed by atoms with E-state index in [2.05, 4.69) is 28.2 Å². The van der Waals surface area contributed by atoms with Crippen LogP contribution in [-0.2, 0) is 4.79 Å². The van der Waals surface area contributed by atoms with Gasteiger partial charge < -0.3 is 5.32 Å². The van der Waals surface area contributed by atoms with Gasteiger partial charge in [0.2, 0.25) is 5.91 Å². The van der Waals surface area contributed by atoms with Gasteiger partial charge in [0.15, 0.2) is 0 Å². The summed E-state index contributed by atoms with van der Waals surface area (Å²) in [7, 11) is 0. The largest absolute Gasteiger partial charge is 0.356 e. The number of hydrogen-bond donors (Lipinski definition) is 1. The van der Waals surface area contributed by atoms with Crippen LogP contribution in [0.2, 0.25) is 0 Å². The van der Waals surface area contributed by atoms with Gasteiger partial charge >= 0.3 is 0 Å². The molecule has 0 spiro atoms. The van der Waals surface area contributed by atoms with Gasteiger partial charge in [-0.1, -0.05) is 55.0 Å². The van der Waals surface area contributed by atoms with Gasteiger partial charge in [-0.05, 0) is 44.4 Å². The van der Waals surface area contributed by atoms with Gasteiger partial charge in [0.05, 0.1) is 0 Å². The van der Waals surface area contributed by atoms with Gasteiger partial charge in [-0.15, -0.1) is 0 Å². The van der Waals surface area contributed by atoms with Crippen LogP contribution in [0.4, 0.5) is 0 Å². The number of unbranched alkanes of at least 4 members (excludes halogenated alkanes) is 4. The summed E-state index contributed by atoms with van der Waals surface area (Å²) < 4.78 is 0. The second-order valence-corrected chi connectivity index (χ2v) is 7.05. The second kappa shape index (κ2) is 11.6. The molecule has 0 bridgehead atoms. The minimum absolute atomic E-state index is 0.301. The Hall–Kier alpha value is -0.0500. The third-order valence-electron chi connectivity index (χ3n) is 4.54. The summed E-state index contributed by atoms with van der Waals surface area (Å²) in [6, 6.07) is 0. The van der Waals surface area contributed by atoms with Crippen LogP contribution < -0.4 is 5.32 Å². The lowest BCUT2D eigenvalue weighted by molar-refractivity contribution is -0.126. The Labute approximate surface area is 133 Å². The van der Waals surface area contributed by atoms with E-state index in [0.29, 0.717) is 11.8 Å². The average Bonchev–Trinajstić information content (AvgIpc) is 2.49. The highest BCUT2D eigenvalue weighted by molar-refractivity contribution is 9.09. The van der Waals surface area contributed by atoms with Crippen LogP contribution in [0, 0.1) is 11.8 Å². The minimum Gasteiger partial charge on any atom is -0.356 e. The molecule has 1 aliphatic rings. The lowest BCUT2D eigenvalue weighted by Gasteiger charge is -2.27. The molecule has 1 amide bonds. The molecule has 1 rings (SSSR count). The second-order valence-electron chi connectivity index (χ2n) is 6.25. The molecule has 118 valence electrons. The van der Waals surface area contributed by atoms with E-state index < -0.39 is 0 Å². The number of carbonyl (C=O) groups excluding carboxylic acids is 1. The van der Waals surface area contributed by atoms with Crippen LogP contribution in [0.15, 0.2) is 0 Å². The van der Waals surface area contributed by atoms with E-state index in [-0.39, 0.29) is 0 Å². The van der Waals surface area contributed by atoms with E-state index in [1.165, 1.54) is 51.4 Å². The van der Waals surface area contributed by atoms with Crippen LogP contribution in [0.3, 0.4) is 0 Å². The monoisotopic (exact) mass is 345 g/mol. The number of carbonyl (C=O) groups is 1. The molecule has 0 aromatic rings. The highest BCUT2D eigenvalue weighted by Gasteiger charge is 2.25. The Morgan fingerprint density at radius 3 is 2.40 bits per heavy atom. The van der Waals surface area contributed by atoms with Crippen molar-refractivity contribution in [1.29, 1.82) is 0 Å². The maximum Gasteiger partial charge on any atom is 0.223 e. The van der Waals surface area contributed by atoms with Gasteiger partial charge in [-0.2, -0.15) is 0 Å². The third-order valence-corrected chi connectivity index (χ3v) is 5.10. The van der Waals surface area contributed by atoms with Crippen molar-refractivity contribution in [2.45, 2.75) is 77.6 Å². The molecular formula is C17H32BrNO. The minimum atomic E-state index is 0.301. The standard InChI is InChI=1S/C17H32BrNO/c1-2-3-8-15-9-11-16(12-10-15)17(20)19-14-7-5-4-6-13-18/h15-16H,2-14H2,1H3,(H,19,20). The van der Waals surface area contributed by atoms with Crippen molar-refractivity contribution in [3.63, 3.8) is 0 Å². The molecule has 1 fully saturated rings. The quantitative estimate of drug-likeness (QED) is 0.435. The first-order valence-corrected chi connectivity index (χ1v) is 9.73.